The first-order chi connectivity index (χ1) is 10.0. The molecule has 2 aromatic rings. The third-order valence-electron chi connectivity index (χ3n) is 3.29. The molecule has 1 atom stereocenters. The maximum Gasteiger partial charge on any atom is 0.151 e. The molecule has 1 N–H and O–H groups in total. The summed E-state index contributed by atoms with van der Waals surface area (Å²) in [6.07, 6.45) is 2.69. The fraction of sp³-hybridized carbons (Fsp3) is 0.312. The van der Waals surface area contributed by atoms with Crippen LogP contribution in [0.5, 0.6) is 0 Å². The Kier molecular flexibility index (Phi) is 5.32. The van der Waals surface area contributed by atoms with Crippen molar-refractivity contribution in [3.63, 3.8) is 0 Å². The second-order valence-corrected chi connectivity index (χ2v) is 5.88. The Labute approximate surface area is 135 Å². The van der Waals surface area contributed by atoms with Gasteiger partial charge in [-0.25, -0.2) is 4.98 Å². The van der Waals surface area contributed by atoms with Gasteiger partial charge in [-0.15, -0.1) is 0 Å². The largest absolute Gasteiger partial charge is 0.375 e. The number of nitrogens with one attached hydrogen (secondary N) is 1. The van der Waals surface area contributed by atoms with Crippen LogP contribution < -0.4 is 10.2 Å². The van der Waals surface area contributed by atoms with Gasteiger partial charge in [-0.3, -0.25) is 0 Å². The van der Waals surface area contributed by atoms with Crippen molar-refractivity contribution in [2.75, 3.05) is 24.3 Å². The molecule has 1 unspecified atom stereocenters. The predicted molar refractivity (Wildman–Crippen MR) is 91.7 cm³/mol. The molecule has 0 amide bonds. The molecule has 0 aliphatic rings. The lowest BCUT2D eigenvalue weighted by molar-refractivity contribution is 0.748. The van der Waals surface area contributed by atoms with E-state index in [2.05, 4.69) is 17.2 Å². The van der Waals surface area contributed by atoms with Gasteiger partial charge in [0.05, 0.1) is 11.7 Å². The molecule has 0 fully saturated rings. The monoisotopic (exact) mass is 323 g/mol. The molecule has 0 saturated carbocycles. The van der Waals surface area contributed by atoms with Gasteiger partial charge < -0.3 is 10.2 Å². The van der Waals surface area contributed by atoms with E-state index in [9.17, 15) is 0 Å². The first-order valence-electron chi connectivity index (χ1n) is 6.86. The average Bonchev–Trinajstić information content (AvgIpc) is 2.45. The van der Waals surface area contributed by atoms with Crippen molar-refractivity contribution in [2.24, 2.45) is 0 Å². The number of aromatic nitrogens is 1. The molecule has 0 bridgehead atoms. The third-order valence-corrected chi connectivity index (χ3v) is 3.85. The number of nitrogens with zero attached hydrogens (tertiary/aromatic N) is 2. The van der Waals surface area contributed by atoms with Crippen LogP contribution in [-0.4, -0.2) is 19.1 Å². The number of pyridine rings is 1. The lowest BCUT2D eigenvalue weighted by Gasteiger charge is -2.23. The Morgan fingerprint density at radius 3 is 2.62 bits per heavy atom. The predicted octanol–water partition coefficient (Wildman–Crippen LogP) is 5.02. The molecule has 0 spiro atoms. The second-order valence-electron chi connectivity index (χ2n) is 5.04. The topological polar surface area (TPSA) is 28.2 Å². The summed E-state index contributed by atoms with van der Waals surface area (Å²) in [4.78, 5) is 6.39. The van der Waals surface area contributed by atoms with E-state index in [1.54, 1.807) is 12.3 Å². The van der Waals surface area contributed by atoms with Gasteiger partial charge in [-0.05, 0) is 36.2 Å². The van der Waals surface area contributed by atoms with Gasteiger partial charge in [0.25, 0.3) is 0 Å². The van der Waals surface area contributed by atoms with Crippen molar-refractivity contribution < 1.29 is 0 Å². The van der Waals surface area contributed by atoms with Gasteiger partial charge in [0.1, 0.15) is 0 Å². The average molecular weight is 324 g/mol. The van der Waals surface area contributed by atoms with Crippen molar-refractivity contribution in [2.45, 2.75) is 19.4 Å². The molecule has 1 aromatic heterocycles. The Balaban J connectivity index is 2.31. The van der Waals surface area contributed by atoms with Gasteiger partial charge >= 0.3 is 0 Å². The lowest BCUT2D eigenvalue weighted by Crippen LogP contribution is -2.16. The highest BCUT2D eigenvalue weighted by Crippen LogP contribution is 2.32. The molecule has 1 aromatic carbocycles. The van der Waals surface area contributed by atoms with Crippen molar-refractivity contribution in [1.29, 1.82) is 0 Å². The van der Waals surface area contributed by atoms with Crippen LogP contribution in [-0.2, 0) is 0 Å². The quantitative estimate of drug-likeness (QED) is 0.837. The molecular formula is C16H19Cl2N3. The molecule has 0 saturated heterocycles. The summed E-state index contributed by atoms with van der Waals surface area (Å²) < 4.78 is 0. The Hall–Kier alpha value is -1.45. The maximum atomic E-state index is 6.32. The minimum Gasteiger partial charge on any atom is -0.375 e. The van der Waals surface area contributed by atoms with E-state index in [-0.39, 0.29) is 6.04 Å². The van der Waals surface area contributed by atoms with Crippen LogP contribution in [0.2, 0.25) is 10.0 Å². The van der Waals surface area contributed by atoms with Crippen molar-refractivity contribution in [3.8, 4) is 0 Å². The minimum atomic E-state index is 0.109. The maximum absolute atomic E-state index is 6.32. The third kappa shape index (κ3) is 3.80. The van der Waals surface area contributed by atoms with E-state index in [0.717, 1.165) is 23.5 Å². The first-order valence-corrected chi connectivity index (χ1v) is 7.62. The zero-order chi connectivity index (χ0) is 15.4. The van der Waals surface area contributed by atoms with E-state index in [1.165, 1.54) is 0 Å². The molecule has 21 heavy (non-hydrogen) atoms. The zero-order valence-corrected chi connectivity index (χ0v) is 13.9. The molecule has 0 aliphatic heterocycles. The highest BCUT2D eigenvalue weighted by molar-refractivity contribution is 6.35. The summed E-state index contributed by atoms with van der Waals surface area (Å²) in [5.74, 6) is 0.904. The van der Waals surface area contributed by atoms with E-state index < -0.39 is 0 Å². The number of hydrogen-bond acceptors (Lipinski definition) is 3. The van der Waals surface area contributed by atoms with Crippen molar-refractivity contribution in [1.82, 2.24) is 4.98 Å². The molecule has 0 aliphatic carbocycles. The number of anilines is 2. The summed E-state index contributed by atoms with van der Waals surface area (Å²) in [6, 6.07) is 9.66. The highest BCUT2D eigenvalue weighted by Gasteiger charge is 2.15. The molecule has 5 heteroatoms. The Morgan fingerprint density at radius 1 is 1.24 bits per heavy atom. The molecular weight excluding hydrogens is 305 g/mol. The van der Waals surface area contributed by atoms with Gasteiger partial charge in [-0.1, -0.05) is 36.2 Å². The standard InChI is InChI=1S/C16H19Cl2N3/c1-4-14(12-8-7-11(17)10-13(12)18)20-15-6-5-9-19-16(15)21(2)3/h5-10,14,20H,4H2,1-3H3. The highest BCUT2D eigenvalue weighted by atomic mass is 35.5. The Morgan fingerprint density at radius 2 is 2.00 bits per heavy atom. The van der Waals surface area contributed by atoms with Crippen LogP contribution in [0.3, 0.4) is 0 Å². The molecule has 1 heterocycles. The number of hydrogen-bond donors (Lipinski definition) is 1. The summed E-state index contributed by atoms with van der Waals surface area (Å²) in [5, 5.41) is 4.85. The van der Waals surface area contributed by atoms with Crippen LogP contribution in [0.4, 0.5) is 11.5 Å². The summed E-state index contributed by atoms with van der Waals surface area (Å²) in [6.45, 7) is 2.12. The summed E-state index contributed by atoms with van der Waals surface area (Å²) in [7, 11) is 3.95. The minimum absolute atomic E-state index is 0.109. The molecule has 2 rings (SSSR count). The number of halogens is 2. The van der Waals surface area contributed by atoms with Gasteiger partial charge in [-0.2, -0.15) is 0 Å². The van der Waals surface area contributed by atoms with Crippen LogP contribution >= 0.6 is 23.2 Å². The second kappa shape index (κ2) is 7.01. The van der Waals surface area contributed by atoms with Crippen molar-refractivity contribution in [3.05, 3.63) is 52.1 Å². The zero-order valence-electron chi connectivity index (χ0n) is 12.4. The fourth-order valence-electron chi connectivity index (χ4n) is 2.24. The van der Waals surface area contributed by atoms with E-state index in [0.29, 0.717) is 10.0 Å². The van der Waals surface area contributed by atoms with Crippen LogP contribution in [0, 0.1) is 0 Å². The SMILES string of the molecule is CCC(Nc1cccnc1N(C)C)c1ccc(Cl)cc1Cl. The Bertz CT molecular complexity index is 614. The van der Waals surface area contributed by atoms with Crippen LogP contribution in [0.25, 0.3) is 0 Å². The summed E-state index contributed by atoms with van der Waals surface area (Å²) >= 11 is 12.3. The molecule has 112 valence electrons. The van der Waals surface area contributed by atoms with Crippen molar-refractivity contribution >= 4 is 34.7 Å². The smallest absolute Gasteiger partial charge is 0.151 e. The van der Waals surface area contributed by atoms with E-state index >= 15 is 0 Å². The fourth-order valence-corrected chi connectivity index (χ4v) is 2.78. The lowest BCUT2D eigenvalue weighted by atomic mass is 10.0. The normalized spacial score (nSPS) is 12.0. The van der Waals surface area contributed by atoms with Gasteiger partial charge in [0.2, 0.25) is 0 Å². The van der Waals surface area contributed by atoms with E-state index in [4.69, 9.17) is 23.2 Å². The van der Waals surface area contributed by atoms with Crippen LogP contribution in [0.1, 0.15) is 24.9 Å². The number of benzene rings is 1. The summed E-state index contributed by atoms with van der Waals surface area (Å²) in [5.41, 5.74) is 2.03. The van der Waals surface area contributed by atoms with Crippen LogP contribution in [0.15, 0.2) is 36.5 Å². The first kappa shape index (κ1) is 15.9. The van der Waals surface area contributed by atoms with Gasteiger partial charge in [0.15, 0.2) is 5.82 Å². The molecule has 0 radical (unpaired) electrons. The van der Waals surface area contributed by atoms with Gasteiger partial charge in [0, 0.05) is 30.3 Å². The molecule has 3 nitrogen and oxygen atoms in total. The van der Waals surface area contributed by atoms with E-state index in [1.807, 2.05) is 43.3 Å². The number of rotatable bonds is 5.